The van der Waals surface area contributed by atoms with Gasteiger partial charge in [-0.05, 0) is 24.6 Å². The number of benzene rings is 1. The molecule has 0 aliphatic carbocycles. The lowest BCUT2D eigenvalue weighted by atomic mass is 10.1. The van der Waals surface area contributed by atoms with Crippen molar-refractivity contribution in [2.24, 2.45) is 0 Å². The molecule has 0 radical (unpaired) electrons. The molecule has 0 saturated heterocycles. The van der Waals surface area contributed by atoms with Gasteiger partial charge in [-0.1, -0.05) is 34.5 Å². The fourth-order valence-electron chi connectivity index (χ4n) is 1.29. The average molecular weight is 250 g/mol. The van der Waals surface area contributed by atoms with Crippen molar-refractivity contribution in [3.63, 3.8) is 0 Å². The van der Waals surface area contributed by atoms with Crippen LogP contribution in [0, 0.1) is 0 Å². The Bertz CT molecular complexity index is 331. The van der Waals surface area contributed by atoms with E-state index in [2.05, 4.69) is 0 Å². The summed E-state index contributed by atoms with van der Waals surface area (Å²) in [6.07, 6.45) is 0.458. The van der Waals surface area contributed by atoms with Gasteiger partial charge in [-0.25, -0.2) is 0 Å². The average Bonchev–Trinajstić information content (AvgIpc) is 2.08. The molecular formula is C10H13Cl2NO2. The van der Waals surface area contributed by atoms with Crippen LogP contribution in [0.1, 0.15) is 12.5 Å². The molecule has 1 N–H and O–H groups in total. The lowest BCUT2D eigenvalue weighted by Crippen LogP contribution is -2.22. The SMILES string of the molecule is CC(Cc1ccc(Cl)cc1Cl)ON(C)O. The molecule has 15 heavy (non-hydrogen) atoms. The first-order valence-corrected chi connectivity index (χ1v) is 5.28. The molecule has 0 spiro atoms. The van der Waals surface area contributed by atoms with Crippen molar-refractivity contribution >= 4 is 23.2 Å². The lowest BCUT2D eigenvalue weighted by molar-refractivity contribution is -0.342. The number of hydrogen-bond acceptors (Lipinski definition) is 3. The summed E-state index contributed by atoms with van der Waals surface area (Å²) in [6, 6.07) is 5.31. The van der Waals surface area contributed by atoms with Gasteiger partial charge in [0.2, 0.25) is 0 Å². The second-order valence-corrected chi connectivity index (χ2v) is 4.16. The van der Waals surface area contributed by atoms with Crippen LogP contribution in [-0.2, 0) is 11.3 Å². The quantitative estimate of drug-likeness (QED) is 0.833. The monoisotopic (exact) mass is 249 g/mol. The summed E-state index contributed by atoms with van der Waals surface area (Å²) in [5, 5.41) is 10.8. The third kappa shape index (κ3) is 4.36. The van der Waals surface area contributed by atoms with E-state index in [4.69, 9.17) is 33.2 Å². The number of nitrogens with zero attached hydrogens (tertiary/aromatic N) is 1. The summed E-state index contributed by atoms with van der Waals surface area (Å²) < 4.78 is 0. The molecule has 84 valence electrons. The summed E-state index contributed by atoms with van der Waals surface area (Å²) in [5.41, 5.74) is 0.940. The van der Waals surface area contributed by atoms with Crippen LogP contribution in [0.5, 0.6) is 0 Å². The van der Waals surface area contributed by atoms with Crippen molar-refractivity contribution in [1.29, 1.82) is 0 Å². The standard InChI is InChI=1S/C10H13Cl2NO2/c1-7(15-13(2)14)5-8-3-4-9(11)6-10(8)12/h3-4,6-7,14H,5H2,1-2H3. The predicted octanol–water partition coefficient (Wildman–Crippen LogP) is 3.18. The first-order valence-electron chi connectivity index (χ1n) is 4.52. The highest BCUT2D eigenvalue weighted by atomic mass is 35.5. The summed E-state index contributed by atoms with van der Waals surface area (Å²) in [6.45, 7) is 1.84. The normalized spacial score (nSPS) is 13.2. The molecule has 0 fully saturated rings. The molecule has 1 aromatic rings. The lowest BCUT2D eigenvalue weighted by Gasteiger charge is -2.16. The van der Waals surface area contributed by atoms with Crippen LogP contribution in [0.4, 0.5) is 0 Å². The van der Waals surface area contributed by atoms with E-state index >= 15 is 0 Å². The van der Waals surface area contributed by atoms with Gasteiger partial charge in [-0.15, -0.1) is 0 Å². The van der Waals surface area contributed by atoms with Gasteiger partial charge in [0.05, 0.1) is 6.10 Å². The number of hydroxylamine groups is 2. The van der Waals surface area contributed by atoms with Crippen LogP contribution in [0.25, 0.3) is 0 Å². The predicted molar refractivity (Wildman–Crippen MR) is 60.3 cm³/mol. The van der Waals surface area contributed by atoms with E-state index in [-0.39, 0.29) is 6.10 Å². The van der Waals surface area contributed by atoms with Crippen molar-refractivity contribution in [3.05, 3.63) is 33.8 Å². The fraction of sp³-hybridized carbons (Fsp3) is 0.400. The Morgan fingerprint density at radius 3 is 2.67 bits per heavy atom. The number of hydrogen-bond donors (Lipinski definition) is 1. The molecule has 0 aliphatic heterocycles. The number of rotatable bonds is 4. The largest absolute Gasteiger partial charge is 0.290 e. The molecule has 1 unspecified atom stereocenters. The van der Waals surface area contributed by atoms with Crippen LogP contribution in [0.2, 0.25) is 10.0 Å². The molecule has 0 aromatic heterocycles. The maximum absolute atomic E-state index is 8.87. The molecule has 1 atom stereocenters. The molecule has 1 aromatic carbocycles. The van der Waals surface area contributed by atoms with Gasteiger partial charge in [0, 0.05) is 23.5 Å². The third-order valence-electron chi connectivity index (χ3n) is 1.85. The molecule has 0 amide bonds. The molecule has 3 nitrogen and oxygen atoms in total. The second-order valence-electron chi connectivity index (χ2n) is 3.32. The summed E-state index contributed by atoms with van der Waals surface area (Å²) >= 11 is 11.8. The zero-order valence-corrected chi connectivity index (χ0v) is 10.1. The fourth-order valence-corrected chi connectivity index (χ4v) is 1.78. The van der Waals surface area contributed by atoms with Crippen molar-refractivity contribution in [1.82, 2.24) is 5.23 Å². The van der Waals surface area contributed by atoms with Crippen LogP contribution in [0.15, 0.2) is 18.2 Å². The zero-order chi connectivity index (χ0) is 11.4. The Balaban J connectivity index is 2.64. The molecule has 0 bridgehead atoms. The van der Waals surface area contributed by atoms with E-state index in [1.807, 2.05) is 13.0 Å². The Morgan fingerprint density at radius 1 is 1.47 bits per heavy atom. The van der Waals surface area contributed by atoms with E-state index in [0.717, 1.165) is 5.56 Å². The van der Waals surface area contributed by atoms with Crippen molar-refractivity contribution in [2.75, 3.05) is 7.05 Å². The van der Waals surface area contributed by atoms with Crippen molar-refractivity contribution in [2.45, 2.75) is 19.4 Å². The zero-order valence-electron chi connectivity index (χ0n) is 8.58. The second kappa shape index (κ2) is 5.68. The minimum absolute atomic E-state index is 0.154. The summed E-state index contributed by atoms with van der Waals surface area (Å²) in [7, 11) is 1.42. The maximum atomic E-state index is 8.87. The van der Waals surface area contributed by atoms with Crippen LogP contribution >= 0.6 is 23.2 Å². The van der Waals surface area contributed by atoms with Gasteiger partial charge in [-0.3, -0.25) is 10.0 Å². The molecule has 5 heteroatoms. The highest BCUT2D eigenvalue weighted by Crippen LogP contribution is 2.22. The molecular weight excluding hydrogens is 237 g/mol. The van der Waals surface area contributed by atoms with Gasteiger partial charge in [0.25, 0.3) is 0 Å². The van der Waals surface area contributed by atoms with E-state index in [1.54, 1.807) is 12.1 Å². The van der Waals surface area contributed by atoms with E-state index in [0.29, 0.717) is 21.7 Å². The summed E-state index contributed by atoms with van der Waals surface area (Å²) in [4.78, 5) is 5.04. The van der Waals surface area contributed by atoms with Crippen molar-refractivity contribution < 1.29 is 10.0 Å². The van der Waals surface area contributed by atoms with Crippen LogP contribution in [-0.4, -0.2) is 23.6 Å². The molecule has 0 saturated carbocycles. The minimum Gasteiger partial charge on any atom is -0.290 e. The van der Waals surface area contributed by atoms with E-state index in [1.165, 1.54) is 7.05 Å². The first-order chi connectivity index (χ1) is 6.99. The third-order valence-corrected chi connectivity index (χ3v) is 2.44. The maximum Gasteiger partial charge on any atom is 0.0832 e. The molecule has 1 rings (SSSR count). The van der Waals surface area contributed by atoms with Crippen LogP contribution in [0.3, 0.4) is 0 Å². The molecule has 0 aliphatic rings. The Hall–Kier alpha value is -0.320. The van der Waals surface area contributed by atoms with Gasteiger partial charge in [0.1, 0.15) is 0 Å². The van der Waals surface area contributed by atoms with Gasteiger partial charge in [0.15, 0.2) is 0 Å². The minimum atomic E-state index is -0.154. The Labute approximate surface area is 99.1 Å². The van der Waals surface area contributed by atoms with E-state index < -0.39 is 0 Å². The van der Waals surface area contributed by atoms with Gasteiger partial charge < -0.3 is 0 Å². The Morgan fingerprint density at radius 2 is 2.13 bits per heavy atom. The molecule has 0 heterocycles. The van der Waals surface area contributed by atoms with E-state index in [9.17, 15) is 0 Å². The Kier molecular flexibility index (Phi) is 4.83. The summed E-state index contributed by atoms with van der Waals surface area (Å²) in [5.74, 6) is 0. The van der Waals surface area contributed by atoms with Crippen LogP contribution < -0.4 is 0 Å². The van der Waals surface area contributed by atoms with Crippen molar-refractivity contribution in [3.8, 4) is 0 Å². The first kappa shape index (κ1) is 12.7. The van der Waals surface area contributed by atoms with Gasteiger partial charge >= 0.3 is 0 Å². The highest BCUT2D eigenvalue weighted by Gasteiger charge is 2.09. The number of halogens is 2. The topological polar surface area (TPSA) is 32.7 Å². The smallest absolute Gasteiger partial charge is 0.0832 e. The van der Waals surface area contributed by atoms with Gasteiger partial charge in [-0.2, -0.15) is 0 Å². The highest BCUT2D eigenvalue weighted by molar-refractivity contribution is 6.35.